The van der Waals surface area contributed by atoms with Gasteiger partial charge in [0, 0.05) is 26.2 Å². The van der Waals surface area contributed by atoms with Gasteiger partial charge in [0.05, 0.1) is 5.41 Å². The van der Waals surface area contributed by atoms with E-state index in [-0.39, 0.29) is 17.5 Å². The maximum atomic E-state index is 12.9. The standard InChI is InChI=1S/C18H20N4O3/c23-16(15-12-19-25-20-15)22-11-8-18(13-22)7-10-21(17(18)24)9-6-14-4-2-1-3-5-14/h1-5,12H,6-11,13H2. The molecule has 2 saturated heterocycles. The third-order valence-corrected chi connectivity index (χ3v) is 5.34. The highest BCUT2D eigenvalue weighted by atomic mass is 16.6. The molecule has 0 bridgehead atoms. The van der Waals surface area contributed by atoms with E-state index < -0.39 is 5.41 Å². The molecule has 1 aromatic carbocycles. The summed E-state index contributed by atoms with van der Waals surface area (Å²) >= 11 is 0. The van der Waals surface area contributed by atoms with E-state index in [9.17, 15) is 9.59 Å². The summed E-state index contributed by atoms with van der Waals surface area (Å²) in [6, 6.07) is 10.2. The van der Waals surface area contributed by atoms with E-state index in [1.807, 2.05) is 23.1 Å². The highest BCUT2D eigenvalue weighted by molar-refractivity contribution is 5.93. The molecule has 1 unspecified atom stereocenters. The van der Waals surface area contributed by atoms with Gasteiger partial charge in [0.1, 0.15) is 6.20 Å². The fraction of sp³-hybridized carbons (Fsp3) is 0.444. The van der Waals surface area contributed by atoms with Gasteiger partial charge in [-0.3, -0.25) is 9.59 Å². The fourth-order valence-corrected chi connectivity index (χ4v) is 3.86. The van der Waals surface area contributed by atoms with Crippen molar-refractivity contribution in [2.45, 2.75) is 19.3 Å². The molecule has 0 saturated carbocycles. The molecule has 1 aromatic heterocycles. The van der Waals surface area contributed by atoms with Crippen LogP contribution in [0.25, 0.3) is 0 Å². The first-order valence-electron chi connectivity index (χ1n) is 8.58. The van der Waals surface area contributed by atoms with Crippen LogP contribution in [-0.2, 0) is 11.2 Å². The highest BCUT2D eigenvalue weighted by Crippen LogP contribution is 2.41. The molecule has 3 heterocycles. The molecule has 7 nitrogen and oxygen atoms in total. The van der Waals surface area contributed by atoms with Gasteiger partial charge in [0.15, 0.2) is 5.69 Å². The monoisotopic (exact) mass is 340 g/mol. The van der Waals surface area contributed by atoms with Gasteiger partial charge in [-0.05, 0) is 30.0 Å². The zero-order valence-electron chi connectivity index (χ0n) is 13.9. The molecular formula is C18H20N4O3. The molecule has 2 aliphatic heterocycles. The summed E-state index contributed by atoms with van der Waals surface area (Å²) in [4.78, 5) is 29.0. The zero-order valence-corrected chi connectivity index (χ0v) is 13.9. The van der Waals surface area contributed by atoms with Gasteiger partial charge in [-0.1, -0.05) is 35.5 Å². The number of benzene rings is 1. The molecule has 130 valence electrons. The Morgan fingerprint density at radius 1 is 1.20 bits per heavy atom. The molecule has 7 heteroatoms. The van der Waals surface area contributed by atoms with Crippen LogP contribution in [0, 0.1) is 5.41 Å². The van der Waals surface area contributed by atoms with Crippen molar-refractivity contribution < 1.29 is 14.2 Å². The topological polar surface area (TPSA) is 79.5 Å². The quantitative estimate of drug-likeness (QED) is 0.840. The van der Waals surface area contributed by atoms with Crippen LogP contribution < -0.4 is 0 Å². The van der Waals surface area contributed by atoms with Crippen LogP contribution in [-0.4, -0.2) is 58.1 Å². The summed E-state index contributed by atoms with van der Waals surface area (Å²) in [6.07, 6.45) is 3.69. The predicted octanol–water partition coefficient (Wildman–Crippen LogP) is 1.38. The van der Waals surface area contributed by atoms with Gasteiger partial charge in [-0.25, -0.2) is 4.63 Å². The van der Waals surface area contributed by atoms with Crippen LogP contribution in [0.4, 0.5) is 0 Å². The number of aromatic nitrogens is 2. The summed E-state index contributed by atoms with van der Waals surface area (Å²) in [5.41, 5.74) is 1.00. The average molecular weight is 340 g/mol. The van der Waals surface area contributed by atoms with Gasteiger partial charge >= 0.3 is 0 Å². The number of carbonyl (C=O) groups is 2. The molecule has 1 atom stereocenters. The minimum atomic E-state index is -0.427. The Morgan fingerprint density at radius 2 is 2.00 bits per heavy atom. The average Bonchev–Trinajstić information content (AvgIpc) is 3.38. The Hall–Kier alpha value is -2.70. The van der Waals surface area contributed by atoms with Crippen molar-refractivity contribution >= 4 is 11.8 Å². The Kier molecular flexibility index (Phi) is 3.99. The predicted molar refractivity (Wildman–Crippen MR) is 88.6 cm³/mol. The summed E-state index contributed by atoms with van der Waals surface area (Å²) in [6.45, 7) is 2.52. The van der Waals surface area contributed by atoms with Crippen LogP contribution in [0.15, 0.2) is 41.2 Å². The molecule has 2 aromatic rings. The first-order chi connectivity index (χ1) is 12.2. The molecular weight excluding hydrogens is 320 g/mol. The van der Waals surface area contributed by atoms with Crippen molar-refractivity contribution in [2.75, 3.05) is 26.2 Å². The van der Waals surface area contributed by atoms with Gasteiger partial charge in [-0.2, -0.15) is 0 Å². The fourth-order valence-electron chi connectivity index (χ4n) is 3.86. The lowest BCUT2D eigenvalue weighted by Gasteiger charge is -2.23. The van der Waals surface area contributed by atoms with E-state index in [4.69, 9.17) is 0 Å². The Morgan fingerprint density at radius 3 is 2.76 bits per heavy atom. The number of rotatable bonds is 4. The number of nitrogens with zero attached hydrogens (tertiary/aromatic N) is 4. The second-order valence-electron chi connectivity index (χ2n) is 6.83. The third kappa shape index (κ3) is 2.90. The van der Waals surface area contributed by atoms with Gasteiger partial charge in [0.25, 0.3) is 5.91 Å². The number of hydrogen-bond donors (Lipinski definition) is 0. The van der Waals surface area contributed by atoms with Crippen LogP contribution in [0.3, 0.4) is 0 Å². The smallest absolute Gasteiger partial charge is 0.277 e. The maximum absolute atomic E-state index is 12.9. The highest BCUT2D eigenvalue weighted by Gasteiger charge is 2.51. The molecule has 2 amide bonds. The van der Waals surface area contributed by atoms with Gasteiger partial charge < -0.3 is 9.80 Å². The lowest BCUT2D eigenvalue weighted by molar-refractivity contribution is -0.135. The maximum Gasteiger partial charge on any atom is 0.277 e. The molecule has 4 rings (SSSR count). The van der Waals surface area contributed by atoms with Gasteiger partial charge in [-0.15, -0.1) is 0 Å². The molecule has 0 N–H and O–H groups in total. The molecule has 2 aliphatic rings. The first kappa shape index (κ1) is 15.8. The number of hydrogen-bond acceptors (Lipinski definition) is 5. The molecule has 0 radical (unpaired) electrons. The van der Waals surface area contributed by atoms with Crippen molar-refractivity contribution in [3.8, 4) is 0 Å². The van der Waals surface area contributed by atoms with Gasteiger partial charge in [0.2, 0.25) is 5.91 Å². The normalized spacial score (nSPS) is 23.0. The molecule has 1 spiro atoms. The lowest BCUT2D eigenvalue weighted by atomic mass is 9.85. The largest absolute Gasteiger partial charge is 0.342 e. The summed E-state index contributed by atoms with van der Waals surface area (Å²) in [7, 11) is 0. The summed E-state index contributed by atoms with van der Waals surface area (Å²) in [5, 5.41) is 7.08. The van der Waals surface area contributed by atoms with E-state index in [0.717, 1.165) is 25.9 Å². The van der Waals surface area contributed by atoms with E-state index in [0.29, 0.717) is 19.5 Å². The molecule has 25 heavy (non-hydrogen) atoms. The second kappa shape index (κ2) is 6.31. The Balaban J connectivity index is 1.39. The van der Waals surface area contributed by atoms with Crippen LogP contribution in [0.1, 0.15) is 28.9 Å². The van der Waals surface area contributed by atoms with E-state index in [1.54, 1.807) is 4.90 Å². The molecule has 2 fully saturated rings. The van der Waals surface area contributed by atoms with Crippen LogP contribution in [0.5, 0.6) is 0 Å². The van der Waals surface area contributed by atoms with Crippen LogP contribution in [0.2, 0.25) is 0 Å². The third-order valence-electron chi connectivity index (χ3n) is 5.34. The van der Waals surface area contributed by atoms with Crippen molar-refractivity contribution in [3.05, 3.63) is 47.8 Å². The summed E-state index contributed by atoms with van der Waals surface area (Å²) in [5.74, 6) is -0.0364. The van der Waals surface area contributed by atoms with Crippen molar-refractivity contribution in [1.29, 1.82) is 0 Å². The number of likely N-dealkylation sites (tertiary alicyclic amines) is 2. The number of amides is 2. The van der Waals surface area contributed by atoms with Crippen molar-refractivity contribution in [3.63, 3.8) is 0 Å². The SMILES string of the molecule is O=C(c1cnon1)N1CCC2(CCN(CCc3ccccc3)C2=O)C1. The first-order valence-corrected chi connectivity index (χ1v) is 8.58. The van der Waals surface area contributed by atoms with Crippen molar-refractivity contribution in [2.24, 2.45) is 5.41 Å². The lowest BCUT2D eigenvalue weighted by Crippen LogP contribution is -2.39. The van der Waals surface area contributed by atoms with E-state index in [2.05, 4.69) is 27.1 Å². The second-order valence-corrected chi connectivity index (χ2v) is 6.83. The number of carbonyl (C=O) groups excluding carboxylic acids is 2. The Bertz CT molecular complexity index is 762. The van der Waals surface area contributed by atoms with Crippen LogP contribution >= 0.6 is 0 Å². The van der Waals surface area contributed by atoms with E-state index >= 15 is 0 Å². The molecule has 0 aliphatic carbocycles. The minimum Gasteiger partial charge on any atom is -0.342 e. The minimum absolute atomic E-state index is 0.178. The Labute approximate surface area is 145 Å². The zero-order chi connectivity index (χ0) is 17.3. The summed E-state index contributed by atoms with van der Waals surface area (Å²) < 4.78 is 4.50. The van der Waals surface area contributed by atoms with Crippen molar-refractivity contribution in [1.82, 2.24) is 20.1 Å². The van der Waals surface area contributed by atoms with E-state index in [1.165, 1.54) is 11.8 Å².